The van der Waals surface area contributed by atoms with Crippen molar-refractivity contribution in [2.75, 3.05) is 6.61 Å². The van der Waals surface area contributed by atoms with Crippen LogP contribution in [0.4, 0.5) is 0 Å². The van der Waals surface area contributed by atoms with Crippen molar-refractivity contribution < 1.29 is 24.5 Å². The van der Waals surface area contributed by atoms with Crippen LogP contribution in [0.1, 0.15) is 47.0 Å². The minimum absolute atomic E-state index is 0.128. The molecule has 2 N–H and O–H groups in total. The Hall–Kier alpha value is -1.72. The van der Waals surface area contributed by atoms with Crippen LogP contribution in [-0.2, 0) is 14.3 Å². The SMILES string of the molecule is C/C=C/C=C/C(O)=C1\C(=O)[C@]2(C)C(=O)[C@@](C)(O)[C@H]1C[C@H]2OCCCC. The maximum Gasteiger partial charge on any atom is 0.180 e. The Morgan fingerprint density at radius 2 is 2.00 bits per heavy atom. The average molecular weight is 348 g/mol. The Labute approximate surface area is 149 Å². The molecule has 25 heavy (non-hydrogen) atoms. The third kappa shape index (κ3) is 3.11. The lowest BCUT2D eigenvalue weighted by atomic mass is 9.50. The number of rotatable bonds is 6. The number of Topliss-reactive ketones (excluding diaryl/α,β-unsaturated/α-hetero) is 2. The Balaban J connectivity index is 2.46. The van der Waals surface area contributed by atoms with Crippen molar-refractivity contribution >= 4 is 11.6 Å². The largest absolute Gasteiger partial charge is 0.508 e. The molecule has 3 saturated carbocycles. The number of carbonyl (C=O) groups is 2. The molecule has 0 radical (unpaired) electrons. The zero-order valence-corrected chi connectivity index (χ0v) is 15.4. The van der Waals surface area contributed by atoms with Gasteiger partial charge in [-0.2, -0.15) is 0 Å². The highest BCUT2D eigenvalue weighted by Gasteiger charge is 2.68. The molecule has 3 fully saturated rings. The minimum Gasteiger partial charge on any atom is -0.508 e. The summed E-state index contributed by atoms with van der Waals surface area (Å²) in [7, 11) is 0. The third-order valence-corrected chi connectivity index (χ3v) is 5.42. The third-order valence-electron chi connectivity index (χ3n) is 5.42. The number of carbonyl (C=O) groups excluding carboxylic acids is 2. The molecule has 3 aliphatic rings. The van der Waals surface area contributed by atoms with E-state index in [9.17, 15) is 19.8 Å². The van der Waals surface area contributed by atoms with Crippen LogP contribution in [0.15, 0.2) is 35.6 Å². The van der Waals surface area contributed by atoms with E-state index >= 15 is 0 Å². The van der Waals surface area contributed by atoms with Crippen LogP contribution in [0.25, 0.3) is 0 Å². The average Bonchev–Trinajstić information content (AvgIpc) is 2.56. The zero-order chi connectivity index (χ0) is 18.8. The molecule has 0 aromatic rings. The van der Waals surface area contributed by atoms with Gasteiger partial charge < -0.3 is 14.9 Å². The first-order valence-electron chi connectivity index (χ1n) is 8.89. The fraction of sp³-hybridized carbons (Fsp3) is 0.600. The van der Waals surface area contributed by atoms with E-state index in [1.807, 2.05) is 13.8 Å². The molecule has 5 heteroatoms. The molecule has 4 atom stereocenters. The molecule has 0 aromatic heterocycles. The van der Waals surface area contributed by atoms with Crippen molar-refractivity contribution in [3.05, 3.63) is 35.6 Å². The van der Waals surface area contributed by atoms with E-state index in [0.717, 1.165) is 12.8 Å². The van der Waals surface area contributed by atoms with Gasteiger partial charge in [-0.25, -0.2) is 0 Å². The molecule has 2 bridgehead atoms. The molecule has 0 saturated heterocycles. The summed E-state index contributed by atoms with van der Waals surface area (Å²) in [6.07, 6.45) is 8.12. The predicted octanol–water partition coefficient (Wildman–Crippen LogP) is 3.05. The molecule has 0 aliphatic heterocycles. The zero-order valence-electron chi connectivity index (χ0n) is 15.4. The summed E-state index contributed by atoms with van der Waals surface area (Å²) >= 11 is 0. The van der Waals surface area contributed by atoms with Gasteiger partial charge in [-0.3, -0.25) is 9.59 Å². The standard InChI is InChI=1S/C20H28O5/c1-5-7-9-10-14(21)16-13-12-15(25-11-8-6-2)19(3,17(16)22)18(23)20(13,4)24/h5,7,9-10,13,15,21,24H,6,8,11-12H2,1-4H3/b7-5+,10-9+,16-14+/t13-,15+,19+,20-/m0/s1. The van der Waals surface area contributed by atoms with Gasteiger partial charge in [0.05, 0.1) is 6.10 Å². The van der Waals surface area contributed by atoms with Gasteiger partial charge in [0, 0.05) is 18.1 Å². The highest BCUT2D eigenvalue weighted by Crippen LogP contribution is 2.54. The van der Waals surface area contributed by atoms with Crippen LogP contribution in [0.5, 0.6) is 0 Å². The smallest absolute Gasteiger partial charge is 0.180 e. The number of fused-ring (bicyclic) bond motifs is 3. The van der Waals surface area contributed by atoms with Crippen molar-refractivity contribution in [2.24, 2.45) is 11.3 Å². The van der Waals surface area contributed by atoms with Gasteiger partial charge in [-0.05, 0) is 39.7 Å². The number of hydrogen-bond donors (Lipinski definition) is 2. The maximum atomic E-state index is 13.0. The van der Waals surface area contributed by atoms with Gasteiger partial charge in [-0.1, -0.05) is 31.6 Å². The fourth-order valence-corrected chi connectivity index (χ4v) is 3.84. The van der Waals surface area contributed by atoms with E-state index in [1.165, 1.54) is 19.9 Å². The first kappa shape index (κ1) is 19.6. The van der Waals surface area contributed by atoms with E-state index in [-0.39, 0.29) is 11.3 Å². The van der Waals surface area contributed by atoms with Crippen LogP contribution < -0.4 is 0 Å². The molecule has 0 aromatic carbocycles. The normalized spacial score (nSPS) is 37.5. The number of unbranched alkanes of at least 4 members (excludes halogenated alkanes) is 1. The lowest BCUT2D eigenvalue weighted by Crippen LogP contribution is -2.69. The molecule has 0 amide bonds. The maximum absolute atomic E-state index is 13.0. The second kappa shape index (κ2) is 7.26. The van der Waals surface area contributed by atoms with Crippen LogP contribution in [0.2, 0.25) is 0 Å². The number of ether oxygens (including phenoxy) is 1. The van der Waals surface area contributed by atoms with Crippen molar-refractivity contribution in [2.45, 2.75) is 58.7 Å². The topological polar surface area (TPSA) is 83.8 Å². The predicted molar refractivity (Wildman–Crippen MR) is 95.1 cm³/mol. The van der Waals surface area contributed by atoms with Gasteiger partial charge in [0.15, 0.2) is 11.6 Å². The quantitative estimate of drug-likeness (QED) is 0.253. The summed E-state index contributed by atoms with van der Waals surface area (Å²) in [6, 6.07) is 0. The van der Waals surface area contributed by atoms with Crippen LogP contribution in [0, 0.1) is 11.3 Å². The molecule has 3 aliphatic carbocycles. The summed E-state index contributed by atoms with van der Waals surface area (Å²) in [4.78, 5) is 25.9. The number of aliphatic hydroxyl groups excluding tert-OH is 1. The van der Waals surface area contributed by atoms with Gasteiger partial charge >= 0.3 is 0 Å². The molecule has 138 valence electrons. The second-order valence-electron chi connectivity index (χ2n) is 7.19. The van der Waals surface area contributed by atoms with Crippen LogP contribution >= 0.6 is 0 Å². The lowest BCUT2D eigenvalue weighted by Gasteiger charge is -2.54. The van der Waals surface area contributed by atoms with Crippen molar-refractivity contribution in [1.82, 2.24) is 0 Å². The van der Waals surface area contributed by atoms with E-state index in [2.05, 4.69) is 0 Å². The second-order valence-corrected chi connectivity index (χ2v) is 7.19. The highest BCUT2D eigenvalue weighted by molar-refractivity contribution is 6.21. The lowest BCUT2D eigenvalue weighted by molar-refractivity contribution is -0.186. The summed E-state index contributed by atoms with van der Waals surface area (Å²) in [5, 5.41) is 21.2. The molecule has 5 nitrogen and oxygen atoms in total. The van der Waals surface area contributed by atoms with Crippen LogP contribution in [0.3, 0.4) is 0 Å². The van der Waals surface area contributed by atoms with Gasteiger partial charge in [0.1, 0.15) is 16.8 Å². The molecular formula is C20H28O5. The van der Waals surface area contributed by atoms with Crippen molar-refractivity contribution in [1.29, 1.82) is 0 Å². The summed E-state index contributed by atoms with van der Waals surface area (Å²) in [5.74, 6) is -1.92. The Bertz CT molecular complexity index is 640. The monoisotopic (exact) mass is 348 g/mol. The summed E-state index contributed by atoms with van der Waals surface area (Å²) < 4.78 is 5.83. The fourth-order valence-electron chi connectivity index (χ4n) is 3.84. The summed E-state index contributed by atoms with van der Waals surface area (Å²) in [5.41, 5.74) is -3.03. The van der Waals surface area contributed by atoms with Crippen molar-refractivity contribution in [3.8, 4) is 0 Å². The molecule has 3 rings (SSSR count). The molecule has 0 spiro atoms. The summed E-state index contributed by atoms with van der Waals surface area (Å²) in [6.45, 7) is 7.30. The molecule has 0 unspecified atom stereocenters. The van der Waals surface area contributed by atoms with Gasteiger partial charge in [-0.15, -0.1) is 0 Å². The van der Waals surface area contributed by atoms with Crippen molar-refractivity contribution in [3.63, 3.8) is 0 Å². The van der Waals surface area contributed by atoms with Gasteiger partial charge in [0.25, 0.3) is 0 Å². The number of aliphatic hydroxyl groups is 2. The molecule has 0 heterocycles. The Kier molecular flexibility index (Phi) is 5.69. The van der Waals surface area contributed by atoms with E-state index < -0.39 is 34.6 Å². The van der Waals surface area contributed by atoms with Crippen LogP contribution in [-0.4, -0.2) is 40.1 Å². The first-order chi connectivity index (χ1) is 11.7. The Morgan fingerprint density at radius 3 is 2.60 bits per heavy atom. The number of hydrogen-bond acceptors (Lipinski definition) is 5. The highest BCUT2D eigenvalue weighted by atomic mass is 16.5. The molecular weight excluding hydrogens is 320 g/mol. The van der Waals surface area contributed by atoms with E-state index in [0.29, 0.717) is 13.0 Å². The number of ketones is 2. The number of allylic oxidation sites excluding steroid dienone is 4. The van der Waals surface area contributed by atoms with Gasteiger partial charge in [0.2, 0.25) is 0 Å². The van der Waals surface area contributed by atoms with E-state index in [1.54, 1.807) is 18.2 Å². The Morgan fingerprint density at radius 1 is 1.32 bits per heavy atom. The minimum atomic E-state index is -1.69. The first-order valence-corrected chi connectivity index (χ1v) is 8.89. The van der Waals surface area contributed by atoms with E-state index in [4.69, 9.17) is 4.74 Å².